The lowest BCUT2D eigenvalue weighted by molar-refractivity contribution is -0.116. The van der Waals surface area contributed by atoms with E-state index >= 15 is 0 Å². The van der Waals surface area contributed by atoms with Crippen LogP contribution in [0, 0.1) is 0 Å². The van der Waals surface area contributed by atoms with Crippen molar-refractivity contribution in [1.29, 1.82) is 0 Å². The zero-order valence-electron chi connectivity index (χ0n) is 9.74. The number of nitrogens with one attached hydrogen (secondary N) is 2. The largest absolute Gasteiger partial charge is 0.465 e. The molecule has 0 spiro atoms. The van der Waals surface area contributed by atoms with Crippen molar-refractivity contribution in [1.82, 2.24) is 10.2 Å². The molecule has 0 aromatic carbocycles. The molecule has 0 radical (unpaired) electrons. The molecule has 1 aromatic rings. The molecular weight excluding hydrogens is 218 g/mol. The van der Waals surface area contributed by atoms with Crippen LogP contribution in [0.15, 0.2) is 16.7 Å². The molecule has 1 fully saturated rings. The number of fused-ring (bicyclic) bond motifs is 1. The molecule has 3 rings (SSSR count). The average molecular weight is 235 g/mol. The van der Waals surface area contributed by atoms with Gasteiger partial charge in [-0.1, -0.05) is 0 Å². The maximum atomic E-state index is 11.6. The van der Waals surface area contributed by atoms with E-state index in [-0.39, 0.29) is 11.9 Å². The standard InChI is InChI=1S/C12H17N3O2/c16-11-2-1-10(15-6-4-13-5-7-15)12-9(14-11)3-8-17-12/h3,8,10,13H,1-2,4-7H2,(H,14,16). The third kappa shape index (κ3) is 2.08. The summed E-state index contributed by atoms with van der Waals surface area (Å²) in [6.45, 7) is 4.04. The molecule has 0 bridgehead atoms. The Morgan fingerprint density at radius 1 is 1.35 bits per heavy atom. The van der Waals surface area contributed by atoms with Gasteiger partial charge in [0.05, 0.1) is 18.0 Å². The van der Waals surface area contributed by atoms with Crippen molar-refractivity contribution in [2.75, 3.05) is 31.5 Å². The van der Waals surface area contributed by atoms with Gasteiger partial charge in [-0.2, -0.15) is 0 Å². The van der Waals surface area contributed by atoms with E-state index < -0.39 is 0 Å². The fourth-order valence-corrected chi connectivity index (χ4v) is 2.64. The summed E-state index contributed by atoms with van der Waals surface area (Å²) in [5.74, 6) is 1.00. The first-order valence-corrected chi connectivity index (χ1v) is 6.16. The normalized spacial score (nSPS) is 26.1. The molecule has 5 nitrogen and oxygen atoms in total. The first-order valence-electron chi connectivity index (χ1n) is 6.16. The number of carbonyl (C=O) groups is 1. The molecule has 5 heteroatoms. The van der Waals surface area contributed by atoms with Gasteiger partial charge in [-0.25, -0.2) is 0 Å². The summed E-state index contributed by atoms with van der Waals surface area (Å²) in [5, 5.41) is 6.24. The first-order chi connectivity index (χ1) is 8.34. The van der Waals surface area contributed by atoms with Gasteiger partial charge >= 0.3 is 0 Å². The Kier molecular flexibility index (Phi) is 2.86. The quantitative estimate of drug-likeness (QED) is 0.761. The van der Waals surface area contributed by atoms with Crippen molar-refractivity contribution < 1.29 is 9.21 Å². The summed E-state index contributed by atoms with van der Waals surface area (Å²) in [5.41, 5.74) is 0.844. The highest BCUT2D eigenvalue weighted by Gasteiger charge is 2.30. The Labute approximate surface area is 100 Å². The summed E-state index contributed by atoms with van der Waals surface area (Å²) in [4.78, 5) is 14.0. The molecule has 2 aliphatic rings. The van der Waals surface area contributed by atoms with Gasteiger partial charge in [0.2, 0.25) is 5.91 Å². The number of hydrogen-bond donors (Lipinski definition) is 2. The van der Waals surface area contributed by atoms with E-state index in [2.05, 4.69) is 15.5 Å². The minimum atomic E-state index is 0.0882. The SMILES string of the molecule is O=C1CCC(N2CCNCC2)c2occc2N1. The van der Waals surface area contributed by atoms with Crippen LogP contribution in [0.5, 0.6) is 0 Å². The molecule has 2 aliphatic heterocycles. The Bertz CT molecular complexity index is 410. The number of furan rings is 1. The molecule has 1 saturated heterocycles. The molecule has 17 heavy (non-hydrogen) atoms. The van der Waals surface area contributed by atoms with Crippen LogP contribution in [0.1, 0.15) is 24.6 Å². The van der Waals surface area contributed by atoms with E-state index in [1.807, 2.05) is 6.07 Å². The summed E-state index contributed by atoms with van der Waals surface area (Å²) in [6, 6.07) is 2.08. The van der Waals surface area contributed by atoms with E-state index in [0.29, 0.717) is 6.42 Å². The van der Waals surface area contributed by atoms with Crippen molar-refractivity contribution in [3.63, 3.8) is 0 Å². The van der Waals surface area contributed by atoms with Crippen LogP contribution < -0.4 is 10.6 Å². The Morgan fingerprint density at radius 2 is 2.18 bits per heavy atom. The van der Waals surface area contributed by atoms with E-state index in [1.165, 1.54) is 0 Å². The predicted molar refractivity (Wildman–Crippen MR) is 63.8 cm³/mol. The van der Waals surface area contributed by atoms with Gasteiger partial charge in [0.1, 0.15) is 5.76 Å². The number of anilines is 1. The molecule has 0 saturated carbocycles. The molecule has 1 aromatic heterocycles. The van der Waals surface area contributed by atoms with Gasteiger partial charge in [-0.3, -0.25) is 9.69 Å². The van der Waals surface area contributed by atoms with Crippen molar-refractivity contribution >= 4 is 11.6 Å². The second-order valence-corrected chi connectivity index (χ2v) is 4.59. The van der Waals surface area contributed by atoms with Gasteiger partial charge in [-0.05, 0) is 6.42 Å². The predicted octanol–water partition coefficient (Wildman–Crippen LogP) is 0.958. The van der Waals surface area contributed by atoms with E-state index in [1.54, 1.807) is 6.26 Å². The number of carbonyl (C=O) groups excluding carboxylic acids is 1. The summed E-state index contributed by atoms with van der Waals surface area (Å²) in [7, 11) is 0. The molecule has 0 aliphatic carbocycles. The number of amides is 1. The highest BCUT2D eigenvalue weighted by molar-refractivity contribution is 5.92. The summed E-state index contributed by atoms with van der Waals surface area (Å²) >= 11 is 0. The second-order valence-electron chi connectivity index (χ2n) is 4.59. The van der Waals surface area contributed by atoms with Crippen LogP contribution >= 0.6 is 0 Å². The lowest BCUT2D eigenvalue weighted by Gasteiger charge is -2.33. The maximum absolute atomic E-state index is 11.6. The third-order valence-electron chi connectivity index (χ3n) is 3.51. The van der Waals surface area contributed by atoms with Crippen LogP contribution in [0.4, 0.5) is 5.69 Å². The van der Waals surface area contributed by atoms with Gasteiger partial charge < -0.3 is 15.1 Å². The minimum absolute atomic E-state index is 0.0882. The highest BCUT2D eigenvalue weighted by Crippen LogP contribution is 2.34. The van der Waals surface area contributed by atoms with Gasteiger partial charge in [0, 0.05) is 38.7 Å². The zero-order chi connectivity index (χ0) is 11.7. The number of piperazine rings is 1. The molecule has 3 heterocycles. The van der Waals surface area contributed by atoms with E-state index in [9.17, 15) is 4.79 Å². The number of rotatable bonds is 1. The molecule has 1 amide bonds. The number of nitrogens with zero attached hydrogens (tertiary/aromatic N) is 1. The Morgan fingerprint density at radius 3 is 3.00 bits per heavy atom. The fourth-order valence-electron chi connectivity index (χ4n) is 2.64. The van der Waals surface area contributed by atoms with Crippen LogP contribution in [-0.2, 0) is 4.79 Å². The first kappa shape index (κ1) is 10.8. The maximum Gasteiger partial charge on any atom is 0.224 e. The van der Waals surface area contributed by atoms with Crippen molar-refractivity contribution in [2.24, 2.45) is 0 Å². The number of hydrogen-bond acceptors (Lipinski definition) is 4. The van der Waals surface area contributed by atoms with Gasteiger partial charge in [-0.15, -0.1) is 0 Å². The third-order valence-corrected chi connectivity index (χ3v) is 3.51. The van der Waals surface area contributed by atoms with Crippen LogP contribution in [0.2, 0.25) is 0 Å². The Hall–Kier alpha value is -1.33. The van der Waals surface area contributed by atoms with Gasteiger partial charge in [0.15, 0.2) is 0 Å². The summed E-state index contributed by atoms with van der Waals surface area (Å²) in [6.07, 6.45) is 3.07. The zero-order valence-corrected chi connectivity index (χ0v) is 9.74. The van der Waals surface area contributed by atoms with E-state index in [4.69, 9.17) is 4.42 Å². The molecule has 1 unspecified atom stereocenters. The van der Waals surface area contributed by atoms with Gasteiger partial charge in [0.25, 0.3) is 0 Å². The lowest BCUT2D eigenvalue weighted by atomic mass is 10.1. The average Bonchev–Trinajstić information content (AvgIpc) is 2.73. The molecule has 2 N–H and O–H groups in total. The van der Waals surface area contributed by atoms with Crippen LogP contribution in [0.3, 0.4) is 0 Å². The molecule has 92 valence electrons. The van der Waals surface area contributed by atoms with Crippen LogP contribution in [0.25, 0.3) is 0 Å². The monoisotopic (exact) mass is 235 g/mol. The topological polar surface area (TPSA) is 57.5 Å². The van der Waals surface area contributed by atoms with Crippen LogP contribution in [-0.4, -0.2) is 37.0 Å². The van der Waals surface area contributed by atoms with E-state index in [0.717, 1.165) is 44.0 Å². The molecular formula is C12H17N3O2. The smallest absolute Gasteiger partial charge is 0.224 e. The summed E-state index contributed by atoms with van der Waals surface area (Å²) < 4.78 is 5.57. The molecule has 1 atom stereocenters. The fraction of sp³-hybridized carbons (Fsp3) is 0.583. The Balaban J connectivity index is 1.87. The highest BCUT2D eigenvalue weighted by atomic mass is 16.3. The van der Waals surface area contributed by atoms with Crippen molar-refractivity contribution in [3.8, 4) is 0 Å². The minimum Gasteiger partial charge on any atom is -0.465 e. The lowest BCUT2D eigenvalue weighted by Crippen LogP contribution is -2.45. The van der Waals surface area contributed by atoms with Crippen molar-refractivity contribution in [3.05, 3.63) is 18.1 Å². The van der Waals surface area contributed by atoms with Crippen molar-refractivity contribution in [2.45, 2.75) is 18.9 Å². The second kappa shape index (κ2) is 4.50.